The number of phosphoric ester groups is 1. The van der Waals surface area contributed by atoms with Crippen LogP contribution in [-0.2, 0) is 32.7 Å². The fraction of sp³-hybridized carbons (Fsp3) is 0.773. The van der Waals surface area contributed by atoms with Crippen LogP contribution >= 0.6 is 7.82 Å². The lowest BCUT2D eigenvalue weighted by atomic mass is 10.1. The van der Waals surface area contributed by atoms with Gasteiger partial charge in [0.2, 0.25) is 0 Å². The van der Waals surface area contributed by atoms with Gasteiger partial charge < -0.3 is 18.9 Å². The average molecular weight is 783 g/mol. The second kappa shape index (κ2) is 36.6. The summed E-state index contributed by atoms with van der Waals surface area (Å²) in [5.74, 6) is -0.878. The minimum absolute atomic E-state index is 0.0196. The van der Waals surface area contributed by atoms with Crippen LogP contribution in [0.1, 0.15) is 168 Å². The molecule has 54 heavy (non-hydrogen) atoms. The summed E-state index contributed by atoms with van der Waals surface area (Å²) in [4.78, 5) is 35.3. The molecule has 0 saturated carbocycles. The summed E-state index contributed by atoms with van der Waals surface area (Å²) >= 11 is 0. The van der Waals surface area contributed by atoms with Crippen LogP contribution in [0.2, 0.25) is 0 Å². The van der Waals surface area contributed by atoms with Gasteiger partial charge >= 0.3 is 19.8 Å². The maximum atomic E-state index is 12.6. The van der Waals surface area contributed by atoms with Crippen LogP contribution in [-0.4, -0.2) is 74.9 Å². The van der Waals surface area contributed by atoms with Crippen molar-refractivity contribution in [2.45, 2.75) is 174 Å². The first-order valence-corrected chi connectivity index (χ1v) is 22.9. The van der Waals surface area contributed by atoms with Gasteiger partial charge in [-0.05, 0) is 77.0 Å². The summed E-state index contributed by atoms with van der Waals surface area (Å²) in [7, 11) is 1.43. The van der Waals surface area contributed by atoms with Crippen LogP contribution in [0.3, 0.4) is 0 Å². The molecule has 1 unspecified atom stereocenters. The fourth-order valence-corrected chi connectivity index (χ4v) is 6.17. The third-order valence-electron chi connectivity index (χ3n) is 8.83. The molecular formula is C44H81NO8P+. The van der Waals surface area contributed by atoms with Gasteiger partial charge in [-0.3, -0.25) is 18.6 Å². The van der Waals surface area contributed by atoms with Gasteiger partial charge in [0, 0.05) is 12.8 Å². The summed E-state index contributed by atoms with van der Waals surface area (Å²) in [6.45, 7) is 4.32. The third-order valence-corrected chi connectivity index (χ3v) is 9.82. The van der Waals surface area contributed by atoms with Crippen LogP contribution < -0.4 is 0 Å². The van der Waals surface area contributed by atoms with Crippen LogP contribution in [0, 0.1) is 0 Å². The highest BCUT2D eigenvalue weighted by atomic mass is 31.2. The molecule has 0 radical (unpaired) electrons. The normalized spacial score (nSPS) is 14.1. The molecule has 0 aromatic carbocycles. The van der Waals surface area contributed by atoms with E-state index in [1.165, 1.54) is 77.0 Å². The molecule has 0 aromatic heterocycles. The molecule has 0 spiro atoms. The molecule has 0 amide bonds. The molecule has 0 aliphatic rings. The predicted molar refractivity (Wildman–Crippen MR) is 224 cm³/mol. The van der Waals surface area contributed by atoms with Crippen molar-refractivity contribution >= 4 is 19.8 Å². The standard InChI is InChI=1S/C44H80NO8P/c1-6-8-10-12-14-16-18-20-22-24-26-28-30-32-34-36-43(46)50-40-42(41-52-54(48,49)51-39-38-45(3,4)5)53-44(47)37-35-33-31-29-27-25-23-21-19-17-15-13-11-9-7-2/h20-23,26-29,42H,6-19,24-25,30-41H2,1-5H3/p+1/b22-20+,23-21+,28-26+,29-27+/t42-/m1/s1. The lowest BCUT2D eigenvalue weighted by Crippen LogP contribution is -2.37. The zero-order valence-electron chi connectivity index (χ0n) is 35.2. The van der Waals surface area contributed by atoms with E-state index in [4.69, 9.17) is 18.5 Å². The van der Waals surface area contributed by atoms with E-state index >= 15 is 0 Å². The topological polar surface area (TPSA) is 108 Å². The zero-order valence-corrected chi connectivity index (χ0v) is 36.1. The Morgan fingerprint density at radius 3 is 1.46 bits per heavy atom. The summed E-state index contributed by atoms with van der Waals surface area (Å²) in [6.07, 6.45) is 41.7. The molecule has 0 fully saturated rings. The summed E-state index contributed by atoms with van der Waals surface area (Å²) in [5, 5.41) is 0. The number of likely N-dealkylation sites (N-methyl/N-ethyl adjacent to an activating group) is 1. The van der Waals surface area contributed by atoms with Crippen LogP contribution in [0.25, 0.3) is 0 Å². The number of quaternary nitrogens is 1. The molecule has 314 valence electrons. The maximum absolute atomic E-state index is 12.6. The van der Waals surface area contributed by atoms with E-state index < -0.39 is 32.5 Å². The van der Waals surface area contributed by atoms with E-state index in [0.717, 1.165) is 51.4 Å². The second-order valence-electron chi connectivity index (χ2n) is 15.4. The second-order valence-corrected chi connectivity index (χ2v) is 16.8. The molecule has 2 atom stereocenters. The fourth-order valence-electron chi connectivity index (χ4n) is 5.43. The molecule has 0 saturated heterocycles. The van der Waals surface area contributed by atoms with Crippen molar-refractivity contribution in [3.63, 3.8) is 0 Å². The number of allylic oxidation sites excluding steroid dienone is 8. The van der Waals surface area contributed by atoms with Gasteiger partial charge in [0.05, 0.1) is 27.7 Å². The number of carbonyl (C=O) groups is 2. The Hall–Kier alpha value is -2.03. The van der Waals surface area contributed by atoms with E-state index in [0.29, 0.717) is 23.9 Å². The molecule has 0 rings (SSSR count). The van der Waals surface area contributed by atoms with Gasteiger partial charge in [0.15, 0.2) is 6.10 Å². The number of phosphoric acid groups is 1. The Kier molecular flexibility index (Phi) is 35.2. The molecule has 0 bridgehead atoms. The largest absolute Gasteiger partial charge is 0.472 e. The Morgan fingerprint density at radius 1 is 0.574 bits per heavy atom. The van der Waals surface area contributed by atoms with E-state index in [1.54, 1.807) is 0 Å². The number of carbonyl (C=O) groups excluding carboxylic acids is 2. The third kappa shape index (κ3) is 39.7. The first-order valence-electron chi connectivity index (χ1n) is 21.4. The molecule has 0 heterocycles. The Labute approximate surface area is 331 Å². The SMILES string of the molecule is CCCCCCCC/C=C/C/C=C/CCCCC(=O)OC[C@H](COP(=O)(O)OCC[N+](C)(C)C)OC(=O)CCCC/C=C/C/C=C/CCCCCCCC. The van der Waals surface area contributed by atoms with E-state index in [2.05, 4.69) is 62.5 Å². The first-order chi connectivity index (χ1) is 26.0. The molecule has 10 heteroatoms. The van der Waals surface area contributed by atoms with E-state index in [1.807, 2.05) is 21.1 Å². The van der Waals surface area contributed by atoms with Gasteiger partial charge in [-0.2, -0.15) is 0 Å². The van der Waals surface area contributed by atoms with Gasteiger partial charge in [0.1, 0.15) is 19.8 Å². The van der Waals surface area contributed by atoms with Crippen LogP contribution in [0.15, 0.2) is 48.6 Å². The smallest absolute Gasteiger partial charge is 0.462 e. The highest BCUT2D eigenvalue weighted by molar-refractivity contribution is 7.47. The molecular weight excluding hydrogens is 701 g/mol. The monoisotopic (exact) mass is 783 g/mol. The number of ether oxygens (including phenoxy) is 2. The number of hydrogen-bond acceptors (Lipinski definition) is 7. The van der Waals surface area contributed by atoms with Crippen LogP contribution in [0.4, 0.5) is 0 Å². The average Bonchev–Trinajstić information content (AvgIpc) is 3.12. The van der Waals surface area contributed by atoms with Gasteiger partial charge in [-0.15, -0.1) is 0 Å². The van der Waals surface area contributed by atoms with Crippen LogP contribution in [0.5, 0.6) is 0 Å². The first kappa shape index (κ1) is 52.0. The zero-order chi connectivity index (χ0) is 40.0. The molecule has 0 aromatic rings. The number of hydrogen-bond donors (Lipinski definition) is 1. The van der Waals surface area contributed by atoms with Crippen molar-refractivity contribution in [3.8, 4) is 0 Å². The quantitative estimate of drug-likeness (QED) is 0.0217. The van der Waals surface area contributed by atoms with Crippen molar-refractivity contribution in [3.05, 3.63) is 48.6 Å². The van der Waals surface area contributed by atoms with Crippen molar-refractivity contribution in [2.75, 3.05) is 47.5 Å². The summed E-state index contributed by atoms with van der Waals surface area (Å²) < 4.78 is 34.2. The van der Waals surface area contributed by atoms with Gasteiger partial charge in [-0.1, -0.05) is 127 Å². The number of nitrogens with zero attached hydrogens (tertiary/aromatic N) is 1. The van der Waals surface area contributed by atoms with E-state index in [-0.39, 0.29) is 26.1 Å². The molecule has 1 N–H and O–H groups in total. The Balaban J connectivity index is 4.50. The van der Waals surface area contributed by atoms with Gasteiger partial charge in [0.25, 0.3) is 0 Å². The lowest BCUT2D eigenvalue weighted by Gasteiger charge is -2.24. The highest BCUT2D eigenvalue weighted by Crippen LogP contribution is 2.43. The Bertz CT molecular complexity index is 1070. The minimum atomic E-state index is -4.39. The van der Waals surface area contributed by atoms with E-state index in [9.17, 15) is 19.0 Å². The minimum Gasteiger partial charge on any atom is -0.462 e. The maximum Gasteiger partial charge on any atom is 0.472 e. The lowest BCUT2D eigenvalue weighted by molar-refractivity contribution is -0.870. The van der Waals surface area contributed by atoms with Crippen molar-refractivity contribution in [1.29, 1.82) is 0 Å². The molecule has 9 nitrogen and oxygen atoms in total. The number of rotatable bonds is 38. The van der Waals surface area contributed by atoms with Crippen molar-refractivity contribution in [1.82, 2.24) is 0 Å². The highest BCUT2D eigenvalue weighted by Gasteiger charge is 2.27. The van der Waals surface area contributed by atoms with Crippen molar-refractivity contribution < 1.29 is 42.1 Å². The summed E-state index contributed by atoms with van der Waals surface area (Å²) in [5.41, 5.74) is 0. The summed E-state index contributed by atoms with van der Waals surface area (Å²) in [6, 6.07) is 0. The number of esters is 2. The van der Waals surface area contributed by atoms with Gasteiger partial charge in [-0.25, -0.2) is 4.57 Å². The predicted octanol–water partition coefficient (Wildman–Crippen LogP) is 11.9. The Morgan fingerprint density at radius 2 is 1.00 bits per heavy atom. The van der Waals surface area contributed by atoms with Crippen molar-refractivity contribution in [2.24, 2.45) is 0 Å². The molecule has 0 aliphatic heterocycles. The number of unbranched alkanes of at least 4 members (excludes halogenated alkanes) is 16. The molecule has 0 aliphatic carbocycles.